The summed E-state index contributed by atoms with van der Waals surface area (Å²) >= 11 is 5.57. The standard InChI is InChI=1S/C16H18ClF3N2O/c1-21-7-2-8-22(10-9-21)15(23)6-4-12-3-5-14(17)13(11-12)16(18,19)20/h3-6,11H,2,7-10H2,1H3/b6-4+. The van der Waals surface area contributed by atoms with Crippen LogP contribution in [0.25, 0.3) is 6.08 Å². The monoisotopic (exact) mass is 346 g/mol. The summed E-state index contributed by atoms with van der Waals surface area (Å²) in [5.41, 5.74) is -0.604. The van der Waals surface area contributed by atoms with Gasteiger partial charge in [-0.3, -0.25) is 4.79 Å². The van der Waals surface area contributed by atoms with Crippen LogP contribution in [0.3, 0.4) is 0 Å². The Bertz CT molecular complexity index is 601. The quantitative estimate of drug-likeness (QED) is 0.765. The van der Waals surface area contributed by atoms with E-state index in [0.29, 0.717) is 18.7 Å². The second-order valence-electron chi connectivity index (χ2n) is 5.55. The molecule has 0 unspecified atom stereocenters. The first-order valence-electron chi connectivity index (χ1n) is 7.29. The minimum Gasteiger partial charge on any atom is -0.338 e. The Morgan fingerprint density at radius 3 is 2.65 bits per heavy atom. The number of carbonyl (C=O) groups is 1. The lowest BCUT2D eigenvalue weighted by molar-refractivity contribution is -0.137. The molecule has 1 aromatic carbocycles. The zero-order valence-electron chi connectivity index (χ0n) is 12.7. The molecule has 0 aliphatic carbocycles. The van der Waals surface area contributed by atoms with Gasteiger partial charge in [-0.15, -0.1) is 0 Å². The highest BCUT2D eigenvalue weighted by molar-refractivity contribution is 6.31. The molecule has 2 rings (SSSR count). The number of alkyl halides is 3. The summed E-state index contributed by atoms with van der Waals surface area (Å²) in [4.78, 5) is 16.0. The second kappa shape index (κ2) is 7.36. The van der Waals surface area contributed by atoms with Crippen LogP contribution in [0.4, 0.5) is 13.2 Å². The topological polar surface area (TPSA) is 23.6 Å². The predicted molar refractivity (Wildman–Crippen MR) is 84.2 cm³/mol. The van der Waals surface area contributed by atoms with Gasteiger partial charge in [0.05, 0.1) is 10.6 Å². The summed E-state index contributed by atoms with van der Waals surface area (Å²) in [7, 11) is 2.00. The van der Waals surface area contributed by atoms with Gasteiger partial charge in [-0.1, -0.05) is 17.7 Å². The van der Waals surface area contributed by atoms with Gasteiger partial charge in [0.15, 0.2) is 0 Å². The molecular weight excluding hydrogens is 329 g/mol. The lowest BCUT2D eigenvalue weighted by Gasteiger charge is -2.18. The van der Waals surface area contributed by atoms with Gasteiger partial charge in [0.1, 0.15) is 0 Å². The minimum atomic E-state index is -4.51. The largest absolute Gasteiger partial charge is 0.417 e. The first-order valence-corrected chi connectivity index (χ1v) is 7.67. The van der Waals surface area contributed by atoms with E-state index in [-0.39, 0.29) is 10.9 Å². The van der Waals surface area contributed by atoms with Crippen molar-refractivity contribution in [3.05, 3.63) is 40.4 Å². The van der Waals surface area contributed by atoms with Gasteiger partial charge in [0, 0.05) is 25.7 Å². The number of hydrogen-bond acceptors (Lipinski definition) is 2. The summed E-state index contributed by atoms with van der Waals surface area (Å²) in [6.45, 7) is 2.99. The lowest BCUT2D eigenvalue weighted by atomic mass is 10.1. The highest BCUT2D eigenvalue weighted by Gasteiger charge is 2.33. The molecule has 1 amide bonds. The zero-order chi connectivity index (χ0) is 17.0. The Balaban J connectivity index is 2.09. The molecular formula is C16H18ClF3N2O. The third kappa shape index (κ3) is 4.97. The van der Waals surface area contributed by atoms with Crippen molar-refractivity contribution >= 4 is 23.6 Å². The van der Waals surface area contributed by atoms with Gasteiger partial charge < -0.3 is 9.80 Å². The van der Waals surface area contributed by atoms with Crippen LogP contribution >= 0.6 is 11.6 Å². The SMILES string of the molecule is CN1CCCN(C(=O)/C=C/c2ccc(Cl)c(C(F)(F)F)c2)CC1. The summed E-state index contributed by atoms with van der Waals surface area (Å²) < 4.78 is 38.4. The molecule has 0 spiro atoms. The maximum absolute atomic E-state index is 12.8. The molecule has 1 fully saturated rings. The maximum atomic E-state index is 12.8. The molecule has 0 atom stereocenters. The molecule has 0 radical (unpaired) electrons. The molecule has 3 nitrogen and oxygen atoms in total. The van der Waals surface area contributed by atoms with Crippen LogP contribution < -0.4 is 0 Å². The number of nitrogens with zero attached hydrogens (tertiary/aromatic N) is 2. The summed E-state index contributed by atoms with van der Waals surface area (Å²) in [6, 6.07) is 3.59. The summed E-state index contributed by atoms with van der Waals surface area (Å²) in [5.74, 6) is -0.191. The van der Waals surface area contributed by atoms with Gasteiger partial charge in [0.2, 0.25) is 5.91 Å². The number of rotatable bonds is 2. The Labute approximate surface area is 138 Å². The van der Waals surface area contributed by atoms with Crippen LogP contribution in [0.1, 0.15) is 17.5 Å². The molecule has 126 valence electrons. The number of benzene rings is 1. The van der Waals surface area contributed by atoms with E-state index in [0.717, 1.165) is 25.6 Å². The van der Waals surface area contributed by atoms with Crippen molar-refractivity contribution in [3.8, 4) is 0 Å². The molecule has 1 aliphatic heterocycles. The van der Waals surface area contributed by atoms with Gasteiger partial charge in [0.25, 0.3) is 0 Å². The Morgan fingerprint density at radius 1 is 1.22 bits per heavy atom. The highest BCUT2D eigenvalue weighted by Crippen LogP contribution is 2.35. The Hall–Kier alpha value is -1.53. The molecule has 1 aromatic rings. The molecule has 7 heteroatoms. The van der Waals surface area contributed by atoms with Crippen molar-refractivity contribution in [3.63, 3.8) is 0 Å². The average Bonchev–Trinajstić information content (AvgIpc) is 2.69. The lowest BCUT2D eigenvalue weighted by Crippen LogP contribution is -2.33. The molecule has 0 saturated carbocycles. The number of likely N-dealkylation sites (N-methyl/N-ethyl adjacent to an activating group) is 1. The minimum absolute atomic E-state index is 0.191. The fraction of sp³-hybridized carbons (Fsp3) is 0.438. The zero-order valence-corrected chi connectivity index (χ0v) is 13.5. The van der Waals surface area contributed by atoms with E-state index in [1.807, 2.05) is 7.05 Å². The van der Waals surface area contributed by atoms with Crippen molar-refractivity contribution in [2.24, 2.45) is 0 Å². The van der Waals surface area contributed by atoms with Crippen LogP contribution in [0.15, 0.2) is 24.3 Å². The number of carbonyl (C=O) groups excluding carboxylic acids is 1. The van der Waals surface area contributed by atoms with Crippen LogP contribution in [0.2, 0.25) is 5.02 Å². The first kappa shape index (κ1) is 17.8. The predicted octanol–water partition coefficient (Wildman–Crippen LogP) is 3.54. The van der Waals surface area contributed by atoms with E-state index in [2.05, 4.69) is 4.90 Å². The third-order valence-electron chi connectivity index (χ3n) is 3.75. The van der Waals surface area contributed by atoms with Gasteiger partial charge >= 0.3 is 6.18 Å². The fourth-order valence-electron chi connectivity index (χ4n) is 2.40. The summed E-state index contributed by atoms with van der Waals surface area (Å²) in [5, 5.41) is -0.350. The fourth-order valence-corrected chi connectivity index (χ4v) is 2.63. The van der Waals surface area contributed by atoms with E-state index in [4.69, 9.17) is 11.6 Å². The average molecular weight is 347 g/mol. The van der Waals surface area contributed by atoms with Crippen molar-refractivity contribution < 1.29 is 18.0 Å². The maximum Gasteiger partial charge on any atom is 0.417 e. The molecule has 0 aromatic heterocycles. The molecule has 23 heavy (non-hydrogen) atoms. The smallest absolute Gasteiger partial charge is 0.338 e. The van der Waals surface area contributed by atoms with Crippen molar-refractivity contribution in [1.29, 1.82) is 0 Å². The molecule has 1 heterocycles. The second-order valence-corrected chi connectivity index (χ2v) is 5.96. The summed E-state index contributed by atoms with van der Waals surface area (Å²) in [6.07, 6.45) is -0.924. The van der Waals surface area contributed by atoms with E-state index in [9.17, 15) is 18.0 Å². The first-order chi connectivity index (χ1) is 10.8. The molecule has 0 bridgehead atoms. The van der Waals surface area contributed by atoms with Gasteiger partial charge in [-0.05, 0) is 43.8 Å². The molecule has 1 saturated heterocycles. The Morgan fingerprint density at radius 2 is 1.96 bits per heavy atom. The highest BCUT2D eigenvalue weighted by atomic mass is 35.5. The van der Waals surface area contributed by atoms with Crippen molar-refractivity contribution in [2.75, 3.05) is 33.2 Å². The van der Waals surface area contributed by atoms with Crippen molar-refractivity contribution in [1.82, 2.24) is 9.80 Å². The van der Waals surface area contributed by atoms with E-state index < -0.39 is 11.7 Å². The van der Waals surface area contributed by atoms with Gasteiger partial charge in [-0.2, -0.15) is 13.2 Å². The van der Waals surface area contributed by atoms with Crippen molar-refractivity contribution in [2.45, 2.75) is 12.6 Å². The van der Waals surface area contributed by atoms with Crippen LogP contribution in [0, 0.1) is 0 Å². The van der Waals surface area contributed by atoms with Gasteiger partial charge in [-0.25, -0.2) is 0 Å². The molecule has 1 aliphatic rings. The van der Waals surface area contributed by atoms with E-state index in [1.54, 1.807) is 4.90 Å². The molecule has 0 N–H and O–H groups in total. The Kier molecular flexibility index (Phi) is 5.70. The number of hydrogen-bond donors (Lipinski definition) is 0. The number of halogens is 4. The normalized spacial score (nSPS) is 17.5. The third-order valence-corrected chi connectivity index (χ3v) is 4.07. The van der Waals surface area contributed by atoms with E-state index in [1.165, 1.54) is 24.3 Å². The van der Waals surface area contributed by atoms with E-state index >= 15 is 0 Å². The van der Waals surface area contributed by atoms with Crippen LogP contribution in [-0.2, 0) is 11.0 Å². The number of amides is 1. The van der Waals surface area contributed by atoms with Crippen LogP contribution in [0.5, 0.6) is 0 Å². The van der Waals surface area contributed by atoms with Crippen LogP contribution in [-0.4, -0.2) is 48.9 Å².